The van der Waals surface area contributed by atoms with Crippen LogP contribution in [-0.4, -0.2) is 22.2 Å². The third-order valence-electron chi connectivity index (χ3n) is 3.27. The zero-order chi connectivity index (χ0) is 15.7. The van der Waals surface area contributed by atoms with Crippen LogP contribution in [0.1, 0.15) is 15.9 Å². The average Bonchev–Trinajstić information content (AvgIpc) is 2.80. The number of aromatic hydroxyl groups is 1. The molecule has 0 aliphatic heterocycles. The molecule has 1 aromatic heterocycles. The number of H-pyrrole nitrogens is 1. The largest absolute Gasteiger partial charge is 0.494 e. The lowest BCUT2D eigenvalue weighted by Gasteiger charge is -1.97. The minimum Gasteiger partial charge on any atom is -0.494 e. The molecule has 0 radical (unpaired) electrons. The molecule has 110 valence electrons. The van der Waals surface area contributed by atoms with Gasteiger partial charge in [0.1, 0.15) is 0 Å². The normalized spacial score (nSPS) is 11.3. The molecule has 5 nitrogen and oxygen atoms in total. The summed E-state index contributed by atoms with van der Waals surface area (Å²) in [5.74, 6) is -0.416. The van der Waals surface area contributed by atoms with Crippen LogP contribution in [-0.2, 0) is 0 Å². The van der Waals surface area contributed by atoms with Gasteiger partial charge in [0.25, 0.3) is 0 Å². The standard InChI is InChI=1S/C16H12BrN3O2/c17-10-3-6-12-13(16(22)20-14(12)7-10)8-19-11-4-1-9(2-5-11)15(18)21/h1-8,20,22H,(H2,18,21). The lowest BCUT2D eigenvalue weighted by Crippen LogP contribution is -2.10. The van der Waals surface area contributed by atoms with E-state index in [-0.39, 0.29) is 5.88 Å². The van der Waals surface area contributed by atoms with Gasteiger partial charge in [0.2, 0.25) is 5.91 Å². The van der Waals surface area contributed by atoms with Crippen molar-refractivity contribution >= 4 is 44.6 Å². The highest BCUT2D eigenvalue weighted by Crippen LogP contribution is 2.28. The Labute approximate surface area is 134 Å². The first kappa shape index (κ1) is 14.3. The molecule has 1 heterocycles. The predicted octanol–water partition coefficient (Wildman–Crippen LogP) is 3.49. The molecule has 6 heteroatoms. The fourth-order valence-corrected chi connectivity index (χ4v) is 2.52. The molecule has 22 heavy (non-hydrogen) atoms. The lowest BCUT2D eigenvalue weighted by molar-refractivity contribution is 0.100. The molecule has 0 saturated heterocycles. The van der Waals surface area contributed by atoms with Gasteiger partial charge in [-0.15, -0.1) is 0 Å². The molecule has 2 aromatic carbocycles. The van der Waals surface area contributed by atoms with Crippen LogP contribution in [0.3, 0.4) is 0 Å². The summed E-state index contributed by atoms with van der Waals surface area (Å²) < 4.78 is 0.923. The number of hydrogen-bond donors (Lipinski definition) is 3. The number of carbonyl (C=O) groups excluding carboxylic acids is 1. The Kier molecular flexibility index (Phi) is 3.68. The van der Waals surface area contributed by atoms with Crippen molar-refractivity contribution in [3.05, 3.63) is 58.1 Å². The third kappa shape index (κ3) is 2.73. The quantitative estimate of drug-likeness (QED) is 0.626. The molecule has 0 atom stereocenters. The van der Waals surface area contributed by atoms with Crippen LogP contribution < -0.4 is 5.73 Å². The zero-order valence-electron chi connectivity index (χ0n) is 11.4. The number of aromatic nitrogens is 1. The molecule has 0 fully saturated rings. The van der Waals surface area contributed by atoms with Gasteiger partial charge in [-0.3, -0.25) is 9.79 Å². The van der Waals surface area contributed by atoms with Gasteiger partial charge in [-0.25, -0.2) is 0 Å². The Balaban J connectivity index is 1.95. The Hall–Kier alpha value is -2.60. The Morgan fingerprint density at radius 2 is 1.95 bits per heavy atom. The van der Waals surface area contributed by atoms with Gasteiger partial charge in [0.15, 0.2) is 5.88 Å². The molecule has 0 aliphatic carbocycles. The van der Waals surface area contributed by atoms with Gasteiger partial charge in [0.05, 0.1) is 16.8 Å². The van der Waals surface area contributed by atoms with E-state index in [2.05, 4.69) is 25.9 Å². The van der Waals surface area contributed by atoms with E-state index in [4.69, 9.17) is 5.73 Å². The minimum atomic E-state index is -0.477. The van der Waals surface area contributed by atoms with Crippen LogP contribution in [0.5, 0.6) is 5.88 Å². The monoisotopic (exact) mass is 357 g/mol. The second-order valence-electron chi connectivity index (χ2n) is 4.75. The number of halogens is 1. The van der Waals surface area contributed by atoms with E-state index in [0.717, 1.165) is 15.4 Å². The summed E-state index contributed by atoms with van der Waals surface area (Å²) in [6.45, 7) is 0. The summed E-state index contributed by atoms with van der Waals surface area (Å²) in [5, 5.41) is 10.9. The van der Waals surface area contributed by atoms with E-state index in [1.165, 1.54) is 0 Å². The summed E-state index contributed by atoms with van der Waals surface area (Å²) in [5.41, 5.74) is 7.71. The lowest BCUT2D eigenvalue weighted by atomic mass is 10.2. The summed E-state index contributed by atoms with van der Waals surface area (Å²) in [6, 6.07) is 12.3. The van der Waals surface area contributed by atoms with Crippen molar-refractivity contribution < 1.29 is 9.90 Å². The highest BCUT2D eigenvalue weighted by atomic mass is 79.9. The van der Waals surface area contributed by atoms with Gasteiger partial charge in [0, 0.05) is 21.6 Å². The molecule has 3 aromatic rings. The van der Waals surface area contributed by atoms with Crippen LogP contribution in [0.2, 0.25) is 0 Å². The number of aromatic amines is 1. The number of hydrogen-bond acceptors (Lipinski definition) is 3. The van der Waals surface area contributed by atoms with Crippen molar-refractivity contribution in [3.8, 4) is 5.88 Å². The van der Waals surface area contributed by atoms with Crippen molar-refractivity contribution in [1.29, 1.82) is 0 Å². The topological polar surface area (TPSA) is 91.5 Å². The zero-order valence-corrected chi connectivity index (χ0v) is 13.0. The van der Waals surface area contributed by atoms with Gasteiger partial charge in [-0.05, 0) is 36.4 Å². The molecule has 0 bridgehead atoms. The van der Waals surface area contributed by atoms with Crippen LogP contribution in [0.15, 0.2) is 51.9 Å². The SMILES string of the molecule is NC(=O)c1ccc(N=Cc2c(O)[nH]c3cc(Br)ccc23)cc1. The highest BCUT2D eigenvalue weighted by molar-refractivity contribution is 9.10. The minimum absolute atomic E-state index is 0.0607. The van der Waals surface area contributed by atoms with Crippen molar-refractivity contribution in [3.63, 3.8) is 0 Å². The van der Waals surface area contributed by atoms with Crippen molar-refractivity contribution in [2.75, 3.05) is 0 Å². The maximum atomic E-state index is 11.0. The number of nitrogens with zero attached hydrogens (tertiary/aromatic N) is 1. The van der Waals surface area contributed by atoms with E-state index in [1.807, 2.05) is 18.2 Å². The maximum absolute atomic E-state index is 11.0. The van der Waals surface area contributed by atoms with Gasteiger partial charge < -0.3 is 15.8 Å². The van der Waals surface area contributed by atoms with Crippen LogP contribution >= 0.6 is 15.9 Å². The van der Waals surface area contributed by atoms with Gasteiger partial charge in [-0.1, -0.05) is 22.0 Å². The fourth-order valence-electron chi connectivity index (χ4n) is 2.16. The molecular weight excluding hydrogens is 346 g/mol. The second kappa shape index (κ2) is 5.65. The summed E-state index contributed by atoms with van der Waals surface area (Å²) in [6.07, 6.45) is 1.58. The maximum Gasteiger partial charge on any atom is 0.248 e. The first-order valence-corrected chi connectivity index (χ1v) is 7.28. The fraction of sp³-hybridized carbons (Fsp3) is 0. The summed E-state index contributed by atoms with van der Waals surface area (Å²) in [7, 11) is 0. The number of rotatable bonds is 3. The molecule has 4 N–H and O–H groups in total. The van der Waals surface area contributed by atoms with E-state index >= 15 is 0 Å². The number of aliphatic imine (C=N–C) groups is 1. The number of carbonyl (C=O) groups is 1. The second-order valence-corrected chi connectivity index (χ2v) is 5.66. The molecule has 0 aliphatic rings. The number of nitrogens with two attached hydrogens (primary N) is 1. The van der Waals surface area contributed by atoms with E-state index in [0.29, 0.717) is 16.8 Å². The summed E-state index contributed by atoms with van der Waals surface area (Å²) in [4.78, 5) is 18.2. The Morgan fingerprint density at radius 1 is 1.23 bits per heavy atom. The number of fused-ring (bicyclic) bond motifs is 1. The number of amides is 1. The predicted molar refractivity (Wildman–Crippen MR) is 89.9 cm³/mol. The molecular formula is C16H12BrN3O2. The van der Waals surface area contributed by atoms with Gasteiger partial charge in [-0.2, -0.15) is 0 Å². The molecule has 3 rings (SSSR count). The van der Waals surface area contributed by atoms with E-state index in [9.17, 15) is 9.90 Å². The number of benzene rings is 2. The van der Waals surface area contributed by atoms with Crippen molar-refractivity contribution in [2.45, 2.75) is 0 Å². The van der Waals surface area contributed by atoms with Crippen LogP contribution in [0.4, 0.5) is 5.69 Å². The molecule has 0 spiro atoms. The van der Waals surface area contributed by atoms with E-state index in [1.54, 1.807) is 30.5 Å². The van der Waals surface area contributed by atoms with Gasteiger partial charge >= 0.3 is 0 Å². The Morgan fingerprint density at radius 3 is 2.64 bits per heavy atom. The van der Waals surface area contributed by atoms with Crippen molar-refractivity contribution in [1.82, 2.24) is 4.98 Å². The number of primary amides is 1. The molecule has 0 saturated carbocycles. The first-order valence-electron chi connectivity index (χ1n) is 6.49. The summed E-state index contributed by atoms with van der Waals surface area (Å²) >= 11 is 3.39. The smallest absolute Gasteiger partial charge is 0.248 e. The average molecular weight is 358 g/mol. The highest BCUT2D eigenvalue weighted by Gasteiger charge is 2.09. The third-order valence-corrected chi connectivity index (χ3v) is 3.77. The van der Waals surface area contributed by atoms with Crippen LogP contribution in [0.25, 0.3) is 10.9 Å². The first-order chi connectivity index (χ1) is 10.5. The molecule has 0 unspecified atom stereocenters. The van der Waals surface area contributed by atoms with E-state index < -0.39 is 5.91 Å². The molecule has 1 amide bonds. The van der Waals surface area contributed by atoms with Crippen molar-refractivity contribution in [2.24, 2.45) is 10.7 Å². The number of nitrogens with one attached hydrogen (secondary N) is 1. The van der Waals surface area contributed by atoms with Crippen LogP contribution in [0, 0.1) is 0 Å². The Bertz CT molecular complexity index is 882.